The molecule has 0 unspecified atom stereocenters. The molecule has 0 bridgehead atoms. The molecule has 0 aliphatic heterocycles. The first kappa shape index (κ1) is 23.3. The molecule has 0 fully saturated rings. The zero-order valence-corrected chi connectivity index (χ0v) is 20.8. The molecule has 1 amide bonds. The Morgan fingerprint density at radius 2 is 1.87 bits per heavy atom. The Morgan fingerprint density at radius 3 is 2.55 bits per heavy atom. The number of halogens is 1. The van der Waals surface area contributed by atoms with Crippen molar-refractivity contribution in [1.29, 1.82) is 0 Å². The van der Waals surface area contributed by atoms with Crippen LogP contribution in [0.1, 0.15) is 42.3 Å². The Hall–Kier alpha value is -2.32. The highest BCUT2D eigenvalue weighted by molar-refractivity contribution is 9.10. The number of carbonyl (C=O) groups excluding carboxylic acids is 1. The summed E-state index contributed by atoms with van der Waals surface area (Å²) in [5.41, 5.74) is 4.24. The van der Waals surface area contributed by atoms with Gasteiger partial charge in [-0.1, -0.05) is 47.6 Å². The average Bonchev–Trinajstić information content (AvgIpc) is 3.05. The Morgan fingerprint density at radius 1 is 1.16 bits per heavy atom. The molecule has 1 heterocycles. The second kappa shape index (κ2) is 10.3. The first-order valence-electron chi connectivity index (χ1n) is 10.0. The van der Waals surface area contributed by atoms with Gasteiger partial charge in [0.25, 0.3) is 0 Å². The van der Waals surface area contributed by atoms with E-state index in [0.717, 1.165) is 32.6 Å². The molecule has 1 N–H and O–H groups in total. The maximum Gasteiger partial charge on any atom is 0.234 e. The summed E-state index contributed by atoms with van der Waals surface area (Å²) in [6.45, 7) is 8.61. The lowest BCUT2D eigenvalue weighted by molar-refractivity contribution is -0.113. The zero-order chi connectivity index (χ0) is 22.5. The largest absolute Gasteiger partial charge is 0.486 e. The van der Waals surface area contributed by atoms with Gasteiger partial charge in [0.1, 0.15) is 12.4 Å². The molecule has 0 spiro atoms. The number of benzene rings is 2. The number of hydrogen-bond acceptors (Lipinski definition) is 5. The number of anilines is 1. The van der Waals surface area contributed by atoms with E-state index in [4.69, 9.17) is 4.74 Å². The fourth-order valence-electron chi connectivity index (χ4n) is 3.20. The van der Waals surface area contributed by atoms with E-state index in [1.807, 2.05) is 55.8 Å². The third kappa shape index (κ3) is 6.33. The quantitative estimate of drug-likeness (QED) is 0.404. The van der Waals surface area contributed by atoms with Crippen LogP contribution in [0.15, 0.2) is 46.0 Å². The van der Waals surface area contributed by atoms with Gasteiger partial charge < -0.3 is 14.6 Å². The molecule has 0 saturated heterocycles. The first-order chi connectivity index (χ1) is 14.7. The van der Waals surface area contributed by atoms with Crippen LogP contribution in [-0.2, 0) is 18.4 Å². The normalized spacial score (nSPS) is 11.1. The average molecular weight is 503 g/mol. The summed E-state index contributed by atoms with van der Waals surface area (Å²) in [5.74, 6) is 1.99. The number of hydrogen-bond donors (Lipinski definition) is 1. The number of nitrogens with zero attached hydrogens (tertiary/aromatic N) is 3. The number of aryl methyl sites for hydroxylation is 2. The third-order valence-corrected chi connectivity index (χ3v) is 6.24. The molecule has 3 rings (SSSR count). The van der Waals surface area contributed by atoms with Gasteiger partial charge >= 0.3 is 0 Å². The molecule has 0 radical (unpaired) electrons. The minimum absolute atomic E-state index is 0.0785. The van der Waals surface area contributed by atoms with Crippen LogP contribution in [0.2, 0.25) is 0 Å². The van der Waals surface area contributed by atoms with Crippen molar-refractivity contribution in [2.45, 2.75) is 45.4 Å². The van der Waals surface area contributed by atoms with Crippen molar-refractivity contribution in [1.82, 2.24) is 14.8 Å². The van der Waals surface area contributed by atoms with Crippen molar-refractivity contribution < 1.29 is 9.53 Å². The number of aromatic nitrogens is 3. The van der Waals surface area contributed by atoms with Crippen LogP contribution in [-0.4, -0.2) is 26.4 Å². The minimum Gasteiger partial charge on any atom is -0.486 e. The zero-order valence-electron chi connectivity index (χ0n) is 18.4. The fourth-order valence-corrected chi connectivity index (χ4v) is 4.31. The van der Waals surface area contributed by atoms with Crippen molar-refractivity contribution in [3.8, 4) is 5.75 Å². The van der Waals surface area contributed by atoms with Gasteiger partial charge in [-0.05, 0) is 66.8 Å². The maximum absolute atomic E-state index is 12.5. The van der Waals surface area contributed by atoms with Crippen LogP contribution in [0.5, 0.6) is 5.75 Å². The topological polar surface area (TPSA) is 69.0 Å². The molecule has 0 atom stereocenters. The van der Waals surface area contributed by atoms with E-state index in [0.29, 0.717) is 23.5 Å². The van der Waals surface area contributed by atoms with E-state index in [1.54, 1.807) is 0 Å². The van der Waals surface area contributed by atoms with Gasteiger partial charge in [-0.3, -0.25) is 4.79 Å². The van der Waals surface area contributed by atoms with E-state index in [2.05, 4.69) is 51.4 Å². The summed E-state index contributed by atoms with van der Waals surface area (Å²) in [6.07, 6.45) is 0. The first-order valence-corrected chi connectivity index (χ1v) is 11.8. The van der Waals surface area contributed by atoms with Gasteiger partial charge in [0.05, 0.1) is 5.75 Å². The van der Waals surface area contributed by atoms with Gasteiger partial charge in [0.2, 0.25) is 5.91 Å². The highest BCUT2D eigenvalue weighted by Crippen LogP contribution is 2.28. The van der Waals surface area contributed by atoms with E-state index in [1.165, 1.54) is 11.8 Å². The highest BCUT2D eigenvalue weighted by Gasteiger charge is 2.14. The minimum atomic E-state index is -0.0785. The molecule has 3 aromatic rings. The van der Waals surface area contributed by atoms with Crippen LogP contribution in [0.25, 0.3) is 0 Å². The maximum atomic E-state index is 12.5. The lowest BCUT2D eigenvalue weighted by Crippen LogP contribution is -2.16. The molecule has 0 aliphatic carbocycles. The summed E-state index contributed by atoms with van der Waals surface area (Å²) in [6, 6.07) is 12.0. The van der Waals surface area contributed by atoms with Gasteiger partial charge in [-0.2, -0.15) is 0 Å². The SMILES string of the molecule is Cc1cc(C)cc(OCc2nnc(SCC(=O)Nc3ccc(Br)cc3C(C)C)n2C)c1. The van der Waals surface area contributed by atoms with Gasteiger partial charge in [-0.25, -0.2) is 0 Å². The lowest BCUT2D eigenvalue weighted by atomic mass is 10.0. The fraction of sp³-hybridized carbons (Fsp3) is 0.348. The molecule has 1 aromatic heterocycles. The second-order valence-electron chi connectivity index (χ2n) is 7.79. The molecule has 0 aliphatic rings. The predicted molar refractivity (Wildman–Crippen MR) is 129 cm³/mol. The van der Waals surface area contributed by atoms with Crippen molar-refractivity contribution >= 4 is 39.3 Å². The molecule has 31 heavy (non-hydrogen) atoms. The van der Waals surface area contributed by atoms with E-state index < -0.39 is 0 Å². The number of ether oxygens (including phenoxy) is 1. The summed E-state index contributed by atoms with van der Waals surface area (Å²) in [5, 5.41) is 12.1. The van der Waals surface area contributed by atoms with Gasteiger partial charge in [0, 0.05) is 17.2 Å². The molecular formula is C23H27BrN4O2S. The summed E-state index contributed by atoms with van der Waals surface area (Å²) >= 11 is 4.84. The standard InChI is InChI=1S/C23H27BrN4O2S/c1-14(2)19-11-17(24)6-7-20(19)25-22(29)13-31-23-27-26-21(28(23)5)12-30-18-9-15(3)8-16(4)10-18/h6-11,14H,12-13H2,1-5H3,(H,25,29). The van der Waals surface area contributed by atoms with Crippen molar-refractivity contribution in [3.05, 3.63) is 63.4 Å². The van der Waals surface area contributed by atoms with Crippen LogP contribution in [0, 0.1) is 13.8 Å². The highest BCUT2D eigenvalue weighted by atomic mass is 79.9. The monoisotopic (exact) mass is 502 g/mol. The Bertz CT molecular complexity index is 1060. The van der Waals surface area contributed by atoms with Crippen molar-refractivity contribution in [2.24, 2.45) is 7.05 Å². The molecular weight excluding hydrogens is 476 g/mol. The number of thioether (sulfide) groups is 1. The molecule has 0 saturated carbocycles. The lowest BCUT2D eigenvalue weighted by Gasteiger charge is -2.14. The van der Waals surface area contributed by atoms with Gasteiger partial charge in [-0.15, -0.1) is 10.2 Å². The Kier molecular flexibility index (Phi) is 7.78. The molecule has 2 aromatic carbocycles. The van der Waals surface area contributed by atoms with E-state index in [9.17, 15) is 4.79 Å². The number of carbonyl (C=O) groups is 1. The second-order valence-corrected chi connectivity index (χ2v) is 9.65. The third-order valence-electron chi connectivity index (χ3n) is 4.73. The molecule has 164 valence electrons. The number of rotatable bonds is 8. The molecule has 6 nitrogen and oxygen atoms in total. The van der Waals surface area contributed by atoms with Crippen LogP contribution < -0.4 is 10.1 Å². The Labute approximate surface area is 195 Å². The Balaban J connectivity index is 1.58. The summed E-state index contributed by atoms with van der Waals surface area (Å²) in [4.78, 5) is 12.5. The van der Waals surface area contributed by atoms with Gasteiger partial charge in [0.15, 0.2) is 11.0 Å². The van der Waals surface area contributed by atoms with Crippen LogP contribution in [0.3, 0.4) is 0 Å². The van der Waals surface area contributed by atoms with E-state index >= 15 is 0 Å². The molecule has 8 heteroatoms. The smallest absolute Gasteiger partial charge is 0.234 e. The summed E-state index contributed by atoms with van der Waals surface area (Å²) in [7, 11) is 1.88. The van der Waals surface area contributed by atoms with E-state index in [-0.39, 0.29) is 11.7 Å². The van der Waals surface area contributed by atoms with Crippen LogP contribution in [0.4, 0.5) is 5.69 Å². The number of amides is 1. The predicted octanol–water partition coefficient (Wildman–Crippen LogP) is 5.63. The van der Waals surface area contributed by atoms with Crippen molar-refractivity contribution in [2.75, 3.05) is 11.1 Å². The number of nitrogens with one attached hydrogen (secondary N) is 1. The summed E-state index contributed by atoms with van der Waals surface area (Å²) < 4.78 is 8.74. The van der Waals surface area contributed by atoms with Crippen molar-refractivity contribution in [3.63, 3.8) is 0 Å². The van der Waals surface area contributed by atoms with Crippen LogP contribution >= 0.6 is 27.7 Å².